The van der Waals surface area contributed by atoms with E-state index in [0.717, 1.165) is 0 Å². The van der Waals surface area contributed by atoms with E-state index in [-0.39, 0.29) is 17.7 Å². The first kappa shape index (κ1) is 18.4. The maximum Gasteiger partial charge on any atom is 0.257 e. The van der Waals surface area contributed by atoms with Crippen LogP contribution >= 0.6 is 0 Å². The fourth-order valence-corrected chi connectivity index (χ4v) is 4.53. The second-order valence-electron chi connectivity index (χ2n) is 7.86. The molecule has 2 amide bonds. The SMILES string of the molecule is Cc1noc([C@@]23CN(C(=O)c4ccccc4)C[C@@H]2CN(C(=O)c2cncnc2)C3)n1. The van der Waals surface area contributed by atoms with E-state index in [1.807, 2.05) is 35.2 Å². The molecule has 0 N–H and O–H groups in total. The zero-order valence-electron chi connectivity index (χ0n) is 16.4. The monoisotopic (exact) mass is 404 g/mol. The Hall–Kier alpha value is -3.62. The van der Waals surface area contributed by atoms with Crippen molar-refractivity contribution in [1.82, 2.24) is 29.9 Å². The highest BCUT2D eigenvalue weighted by molar-refractivity contribution is 5.95. The predicted molar refractivity (Wildman–Crippen MR) is 104 cm³/mol. The number of hydrogen-bond donors (Lipinski definition) is 0. The third-order valence-corrected chi connectivity index (χ3v) is 5.97. The molecular weight excluding hydrogens is 384 g/mol. The van der Waals surface area contributed by atoms with Gasteiger partial charge in [0.1, 0.15) is 6.33 Å². The molecule has 2 saturated heterocycles. The van der Waals surface area contributed by atoms with Gasteiger partial charge in [-0.05, 0) is 19.1 Å². The van der Waals surface area contributed by atoms with Crippen LogP contribution in [0.15, 0.2) is 53.6 Å². The van der Waals surface area contributed by atoms with E-state index in [1.54, 1.807) is 11.8 Å². The van der Waals surface area contributed by atoms with E-state index in [9.17, 15) is 9.59 Å². The van der Waals surface area contributed by atoms with Crippen molar-refractivity contribution in [3.63, 3.8) is 0 Å². The summed E-state index contributed by atoms with van der Waals surface area (Å²) < 4.78 is 5.56. The number of hydrogen-bond acceptors (Lipinski definition) is 7. The van der Waals surface area contributed by atoms with Crippen LogP contribution in [0.3, 0.4) is 0 Å². The molecule has 0 unspecified atom stereocenters. The lowest BCUT2D eigenvalue weighted by Gasteiger charge is -2.26. The first-order valence-electron chi connectivity index (χ1n) is 9.76. The van der Waals surface area contributed by atoms with Gasteiger partial charge >= 0.3 is 0 Å². The molecule has 3 aromatic rings. The van der Waals surface area contributed by atoms with E-state index in [1.165, 1.54) is 18.7 Å². The molecular formula is C21H20N6O3. The third kappa shape index (κ3) is 2.94. The Balaban J connectivity index is 1.45. The summed E-state index contributed by atoms with van der Waals surface area (Å²) in [5, 5.41) is 3.96. The van der Waals surface area contributed by atoms with E-state index in [4.69, 9.17) is 4.52 Å². The van der Waals surface area contributed by atoms with E-state index >= 15 is 0 Å². The fraction of sp³-hybridized carbons (Fsp3) is 0.333. The summed E-state index contributed by atoms with van der Waals surface area (Å²) in [6, 6.07) is 9.21. The smallest absolute Gasteiger partial charge is 0.257 e. The van der Waals surface area contributed by atoms with E-state index < -0.39 is 5.41 Å². The largest absolute Gasteiger partial charge is 0.339 e. The topological polar surface area (TPSA) is 105 Å². The van der Waals surface area contributed by atoms with Crippen LogP contribution in [0.1, 0.15) is 32.4 Å². The van der Waals surface area contributed by atoms with Gasteiger partial charge in [0.05, 0.1) is 11.0 Å². The molecule has 0 saturated carbocycles. The van der Waals surface area contributed by atoms with Crippen LogP contribution in [-0.4, -0.2) is 67.9 Å². The van der Waals surface area contributed by atoms with Crippen LogP contribution in [-0.2, 0) is 5.41 Å². The fourth-order valence-electron chi connectivity index (χ4n) is 4.53. The second kappa shape index (κ2) is 7.01. The second-order valence-corrected chi connectivity index (χ2v) is 7.86. The average Bonchev–Trinajstić information content (AvgIpc) is 3.46. The third-order valence-electron chi connectivity index (χ3n) is 5.97. The van der Waals surface area contributed by atoms with Crippen LogP contribution < -0.4 is 0 Å². The summed E-state index contributed by atoms with van der Waals surface area (Å²) >= 11 is 0. The minimum absolute atomic E-state index is 0.00130. The summed E-state index contributed by atoms with van der Waals surface area (Å²) in [6.07, 6.45) is 4.42. The van der Waals surface area contributed by atoms with Gasteiger partial charge in [-0.2, -0.15) is 4.98 Å². The van der Waals surface area contributed by atoms with Crippen molar-refractivity contribution in [1.29, 1.82) is 0 Å². The normalized spacial score (nSPS) is 22.9. The first-order valence-corrected chi connectivity index (χ1v) is 9.76. The van der Waals surface area contributed by atoms with Crippen LogP contribution in [0, 0.1) is 12.8 Å². The predicted octanol–water partition coefficient (Wildman–Crippen LogP) is 1.33. The van der Waals surface area contributed by atoms with Gasteiger partial charge in [0.15, 0.2) is 5.82 Å². The van der Waals surface area contributed by atoms with Crippen molar-refractivity contribution in [2.45, 2.75) is 12.3 Å². The molecule has 2 aliphatic rings. The van der Waals surface area contributed by atoms with Crippen molar-refractivity contribution in [2.75, 3.05) is 26.2 Å². The van der Waals surface area contributed by atoms with Crippen LogP contribution in [0.25, 0.3) is 0 Å². The number of carbonyl (C=O) groups excluding carboxylic acids is 2. The molecule has 2 aromatic heterocycles. The van der Waals surface area contributed by atoms with Gasteiger partial charge in [-0.3, -0.25) is 9.59 Å². The Morgan fingerprint density at radius 1 is 1.00 bits per heavy atom. The average molecular weight is 404 g/mol. The lowest BCUT2D eigenvalue weighted by Crippen LogP contribution is -2.41. The molecule has 2 fully saturated rings. The number of likely N-dealkylation sites (tertiary alicyclic amines) is 2. The molecule has 0 aliphatic carbocycles. The summed E-state index contributed by atoms with van der Waals surface area (Å²) in [5.74, 6) is 0.843. The minimum atomic E-state index is -0.586. The molecule has 5 rings (SSSR count). The van der Waals surface area contributed by atoms with Gasteiger partial charge in [0.2, 0.25) is 5.89 Å². The van der Waals surface area contributed by atoms with Gasteiger partial charge in [-0.25, -0.2) is 9.97 Å². The van der Waals surface area contributed by atoms with Gasteiger partial charge in [0.25, 0.3) is 11.8 Å². The molecule has 0 bridgehead atoms. The number of benzene rings is 1. The lowest BCUT2D eigenvalue weighted by atomic mass is 9.81. The van der Waals surface area contributed by atoms with Gasteiger partial charge < -0.3 is 14.3 Å². The van der Waals surface area contributed by atoms with Crippen LogP contribution in [0.5, 0.6) is 0 Å². The van der Waals surface area contributed by atoms with Gasteiger partial charge in [-0.1, -0.05) is 23.4 Å². The Bertz CT molecular complexity index is 1020. The number of rotatable bonds is 3. The van der Waals surface area contributed by atoms with Crippen molar-refractivity contribution in [2.24, 2.45) is 5.92 Å². The number of amides is 2. The van der Waals surface area contributed by atoms with Crippen molar-refractivity contribution in [3.8, 4) is 0 Å². The molecule has 0 spiro atoms. The molecule has 30 heavy (non-hydrogen) atoms. The molecule has 9 nitrogen and oxygen atoms in total. The summed E-state index contributed by atoms with van der Waals surface area (Å²) in [5.41, 5.74) is 0.493. The van der Waals surface area contributed by atoms with Gasteiger partial charge in [0, 0.05) is 50.1 Å². The number of aromatic nitrogens is 4. The number of carbonyl (C=O) groups is 2. The molecule has 1 aromatic carbocycles. The lowest BCUT2D eigenvalue weighted by molar-refractivity contribution is 0.0727. The highest BCUT2D eigenvalue weighted by Crippen LogP contribution is 2.45. The number of fused-ring (bicyclic) bond motifs is 1. The Morgan fingerprint density at radius 3 is 2.23 bits per heavy atom. The summed E-state index contributed by atoms with van der Waals surface area (Å²) in [6.45, 7) is 3.59. The number of aryl methyl sites for hydroxylation is 1. The highest BCUT2D eigenvalue weighted by Gasteiger charge is 2.58. The van der Waals surface area contributed by atoms with Crippen LogP contribution in [0.2, 0.25) is 0 Å². The zero-order chi connectivity index (χ0) is 20.7. The minimum Gasteiger partial charge on any atom is -0.339 e. The highest BCUT2D eigenvalue weighted by atomic mass is 16.5. The quantitative estimate of drug-likeness (QED) is 0.648. The van der Waals surface area contributed by atoms with E-state index in [0.29, 0.717) is 49.0 Å². The van der Waals surface area contributed by atoms with E-state index in [2.05, 4.69) is 20.1 Å². The maximum atomic E-state index is 13.1. The molecule has 2 aliphatic heterocycles. The summed E-state index contributed by atoms with van der Waals surface area (Å²) in [4.78, 5) is 42.0. The van der Waals surface area contributed by atoms with Crippen molar-refractivity contribution in [3.05, 3.63) is 71.9 Å². The summed E-state index contributed by atoms with van der Waals surface area (Å²) in [7, 11) is 0. The van der Waals surface area contributed by atoms with Crippen LogP contribution in [0.4, 0.5) is 0 Å². The molecule has 2 atom stereocenters. The molecule has 4 heterocycles. The Kier molecular flexibility index (Phi) is 4.30. The first-order chi connectivity index (χ1) is 14.6. The molecule has 9 heteroatoms. The Labute approximate surface area is 172 Å². The number of nitrogens with zero attached hydrogens (tertiary/aromatic N) is 6. The zero-order valence-corrected chi connectivity index (χ0v) is 16.4. The Morgan fingerprint density at radius 2 is 1.63 bits per heavy atom. The van der Waals surface area contributed by atoms with Gasteiger partial charge in [-0.15, -0.1) is 0 Å². The maximum absolute atomic E-state index is 13.1. The molecule has 0 radical (unpaired) electrons. The van der Waals surface area contributed by atoms with Crippen molar-refractivity contribution < 1.29 is 14.1 Å². The van der Waals surface area contributed by atoms with Crippen molar-refractivity contribution >= 4 is 11.8 Å². The standard InChI is InChI=1S/C21H20N6O3/c1-14-24-20(30-25-14)21-11-26(18(28)15-5-3-2-4-6-15)9-17(21)10-27(12-21)19(29)16-7-22-13-23-8-16/h2-8,13,17H,9-12H2,1H3/t17-,21-/m1/s1. The molecule has 152 valence electrons.